The molecule has 0 atom stereocenters. The Morgan fingerprint density at radius 2 is 2.38 bits per heavy atom. The van der Waals surface area contributed by atoms with Gasteiger partial charge in [-0.2, -0.15) is 0 Å². The second-order valence-electron chi connectivity index (χ2n) is 2.53. The maximum absolute atomic E-state index is 10.5. The number of aromatic nitrogens is 1. The molecular weight excluding hydrogens is 202 g/mol. The van der Waals surface area contributed by atoms with Crippen LogP contribution in [0.2, 0.25) is 0 Å². The van der Waals surface area contributed by atoms with Crippen LogP contribution in [0.25, 0.3) is 10.2 Å². The van der Waals surface area contributed by atoms with Crippen LogP contribution in [0.15, 0.2) is 22.5 Å². The summed E-state index contributed by atoms with van der Waals surface area (Å²) >= 11 is 3.28. The van der Waals surface area contributed by atoms with Crippen LogP contribution in [-0.4, -0.2) is 17.5 Å². The highest BCUT2D eigenvalue weighted by atomic mass is 32.2. The summed E-state index contributed by atoms with van der Waals surface area (Å²) in [5, 5.41) is 0. The molecule has 0 aliphatic rings. The van der Waals surface area contributed by atoms with E-state index in [1.807, 2.05) is 24.5 Å². The van der Waals surface area contributed by atoms with Crippen molar-refractivity contribution in [3.63, 3.8) is 0 Å². The van der Waals surface area contributed by atoms with E-state index in [1.165, 1.54) is 0 Å². The van der Waals surface area contributed by atoms with E-state index in [4.69, 9.17) is 0 Å². The number of thioether (sulfide) groups is 1. The molecule has 1 aromatic heterocycles. The Kier molecular flexibility index (Phi) is 2.33. The molecule has 0 radical (unpaired) electrons. The third-order valence-corrected chi connectivity index (χ3v) is 3.72. The third kappa shape index (κ3) is 1.59. The van der Waals surface area contributed by atoms with Gasteiger partial charge in [0.05, 0.1) is 10.2 Å². The highest BCUT2D eigenvalue weighted by Crippen LogP contribution is 2.28. The number of thiazole rings is 1. The van der Waals surface area contributed by atoms with Crippen LogP contribution in [-0.2, 0) is 0 Å². The highest BCUT2D eigenvalue weighted by Gasteiger charge is 2.02. The zero-order chi connectivity index (χ0) is 9.26. The predicted molar refractivity (Wildman–Crippen MR) is 56.8 cm³/mol. The number of carbonyl (C=O) groups is 1. The van der Waals surface area contributed by atoms with E-state index in [-0.39, 0.29) is 0 Å². The number of rotatable bonds is 2. The van der Waals surface area contributed by atoms with Gasteiger partial charge in [-0.3, -0.25) is 4.79 Å². The molecule has 0 aliphatic heterocycles. The average Bonchev–Trinajstić information content (AvgIpc) is 2.58. The van der Waals surface area contributed by atoms with Gasteiger partial charge in [-0.15, -0.1) is 11.3 Å². The van der Waals surface area contributed by atoms with E-state index in [0.29, 0.717) is 5.56 Å². The van der Waals surface area contributed by atoms with Gasteiger partial charge >= 0.3 is 0 Å². The smallest absolute Gasteiger partial charge is 0.150 e. The normalized spacial score (nSPS) is 10.5. The minimum atomic E-state index is 0.686. The first-order chi connectivity index (χ1) is 6.33. The van der Waals surface area contributed by atoms with Gasteiger partial charge in [0.15, 0.2) is 4.34 Å². The van der Waals surface area contributed by atoms with Crippen molar-refractivity contribution in [2.45, 2.75) is 4.34 Å². The Balaban J connectivity index is 2.63. The van der Waals surface area contributed by atoms with Gasteiger partial charge in [0.2, 0.25) is 0 Å². The molecule has 0 saturated carbocycles. The summed E-state index contributed by atoms with van der Waals surface area (Å²) in [5.41, 5.74) is 1.60. The number of carbonyl (C=O) groups excluding carboxylic acids is 1. The molecule has 2 rings (SSSR count). The molecule has 2 nitrogen and oxygen atoms in total. The molecule has 0 amide bonds. The van der Waals surface area contributed by atoms with Crippen molar-refractivity contribution in [1.82, 2.24) is 4.98 Å². The van der Waals surface area contributed by atoms with Crippen LogP contribution in [0.3, 0.4) is 0 Å². The predicted octanol–water partition coefficient (Wildman–Crippen LogP) is 2.83. The molecule has 0 unspecified atom stereocenters. The lowest BCUT2D eigenvalue weighted by molar-refractivity contribution is 0.112. The molecule has 1 heterocycles. The quantitative estimate of drug-likeness (QED) is 0.562. The van der Waals surface area contributed by atoms with Crippen LogP contribution < -0.4 is 0 Å². The molecule has 0 aliphatic carbocycles. The summed E-state index contributed by atoms with van der Waals surface area (Å²) in [6.45, 7) is 0. The molecule has 13 heavy (non-hydrogen) atoms. The van der Waals surface area contributed by atoms with Crippen molar-refractivity contribution >= 4 is 39.6 Å². The standard InChI is InChI=1S/C9H7NOS2/c1-12-9-10-7-4-6(5-11)2-3-8(7)13-9/h2-5H,1H3. The van der Waals surface area contributed by atoms with Gasteiger partial charge in [0.25, 0.3) is 0 Å². The van der Waals surface area contributed by atoms with E-state index in [2.05, 4.69) is 4.98 Å². The zero-order valence-corrected chi connectivity index (χ0v) is 8.61. The summed E-state index contributed by atoms with van der Waals surface area (Å²) in [5.74, 6) is 0. The Morgan fingerprint density at radius 3 is 3.08 bits per heavy atom. The van der Waals surface area contributed by atoms with E-state index in [1.54, 1.807) is 23.1 Å². The lowest BCUT2D eigenvalue weighted by atomic mass is 10.2. The van der Waals surface area contributed by atoms with Crippen molar-refractivity contribution in [3.05, 3.63) is 23.8 Å². The van der Waals surface area contributed by atoms with Gasteiger partial charge in [-0.1, -0.05) is 17.8 Å². The SMILES string of the molecule is CSc1nc2cc(C=O)ccc2s1. The first-order valence-corrected chi connectivity index (χ1v) is 5.77. The summed E-state index contributed by atoms with van der Waals surface area (Å²) < 4.78 is 2.17. The van der Waals surface area contributed by atoms with Crippen molar-refractivity contribution in [2.75, 3.05) is 6.26 Å². The van der Waals surface area contributed by atoms with Gasteiger partial charge in [0.1, 0.15) is 6.29 Å². The molecule has 0 spiro atoms. The van der Waals surface area contributed by atoms with E-state index in [0.717, 1.165) is 20.8 Å². The fraction of sp³-hybridized carbons (Fsp3) is 0.111. The molecule has 0 bridgehead atoms. The van der Waals surface area contributed by atoms with E-state index < -0.39 is 0 Å². The minimum Gasteiger partial charge on any atom is -0.298 e. The van der Waals surface area contributed by atoms with Crippen molar-refractivity contribution in [3.8, 4) is 0 Å². The Bertz CT molecular complexity index is 450. The van der Waals surface area contributed by atoms with Crippen molar-refractivity contribution in [1.29, 1.82) is 0 Å². The molecule has 4 heteroatoms. The van der Waals surface area contributed by atoms with Gasteiger partial charge in [0, 0.05) is 5.56 Å². The summed E-state index contributed by atoms with van der Waals surface area (Å²) in [6, 6.07) is 5.58. The average molecular weight is 209 g/mol. The lowest BCUT2D eigenvalue weighted by Gasteiger charge is -1.87. The van der Waals surface area contributed by atoms with Crippen LogP contribution in [0.1, 0.15) is 10.4 Å². The van der Waals surface area contributed by atoms with Gasteiger partial charge < -0.3 is 0 Å². The third-order valence-electron chi connectivity index (χ3n) is 1.70. The van der Waals surface area contributed by atoms with Crippen LogP contribution in [0.4, 0.5) is 0 Å². The fourth-order valence-corrected chi connectivity index (χ4v) is 2.55. The summed E-state index contributed by atoms with van der Waals surface area (Å²) in [4.78, 5) is 14.9. The monoisotopic (exact) mass is 209 g/mol. The largest absolute Gasteiger partial charge is 0.298 e. The molecule has 2 aromatic rings. The summed E-state index contributed by atoms with van der Waals surface area (Å²) in [6.07, 6.45) is 2.84. The van der Waals surface area contributed by atoms with Crippen LogP contribution >= 0.6 is 23.1 Å². The Hall–Kier alpha value is -0.870. The number of fused-ring (bicyclic) bond motifs is 1. The molecular formula is C9H7NOS2. The van der Waals surface area contributed by atoms with Crippen LogP contribution in [0.5, 0.6) is 0 Å². The Labute approximate surface area is 84.0 Å². The molecule has 0 saturated heterocycles. The molecule has 1 aromatic carbocycles. The topological polar surface area (TPSA) is 30.0 Å². The van der Waals surface area contributed by atoms with Crippen LogP contribution in [0, 0.1) is 0 Å². The first-order valence-electron chi connectivity index (χ1n) is 3.73. The summed E-state index contributed by atoms with van der Waals surface area (Å²) in [7, 11) is 0. The Morgan fingerprint density at radius 1 is 1.54 bits per heavy atom. The van der Waals surface area contributed by atoms with Crippen molar-refractivity contribution < 1.29 is 4.79 Å². The molecule has 0 fully saturated rings. The molecule has 0 N–H and O–H groups in total. The zero-order valence-electron chi connectivity index (χ0n) is 6.98. The maximum Gasteiger partial charge on any atom is 0.150 e. The first kappa shape index (κ1) is 8.72. The second kappa shape index (κ2) is 3.47. The lowest BCUT2D eigenvalue weighted by Crippen LogP contribution is -1.77. The van der Waals surface area contributed by atoms with E-state index in [9.17, 15) is 4.79 Å². The highest BCUT2D eigenvalue weighted by molar-refractivity contribution is 8.00. The van der Waals surface area contributed by atoms with Crippen molar-refractivity contribution in [2.24, 2.45) is 0 Å². The van der Waals surface area contributed by atoms with Gasteiger partial charge in [-0.25, -0.2) is 4.98 Å². The number of hydrogen-bond acceptors (Lipinski definition) is 4. The number of nitrogens with zero attached hydrogens (tertiary/aromatic N) is 1. The fourth-order valence-electron chi connectivity index (χ4n) is 1.08. The van der Waals surface area contributed by atoms with E-state index >= 15 is 0 Å². The number of benzene rings is 1. The maximum atomic E-state index is 10.5. The minimum absolute atomic E-state index is 0.686. The second-order valence-corrected chi connectivity index (χ2v) is 4.61. The number of aldehydes is 1. The molecule has 66 valence electrons. The number of hydrogen-bond donors (Lipinski definition) is 0. The van der Waals surface area contributed by atoms with Gasteiger partial charge in [-0.05, 0) is 18.4 Å².